The number of aliphatic hydroxyl groups excluding tert-OH is 2. The summed E-state index contributed by atoms with van der Waals surface area (Å²) >= 11 is 0. The Hall–Kier alpha value is -2.96. The van der Waals surface area contributed by atoms with Crippen molar-refractivity contribution in [2.24, 2.45) is 0 Å². The molecule has 3 N–H and O–H groups in total. The molecular weight excluding hydrogens is 755 g/mol. The molecular formula is C55H95NO5. The summed E-state index contributed by atoms with van der Waals surface area (Å²) in [6, 6.07) is -0.726. The smallest absolute Gasteiger partial charge is 0.306 e. The molecule has 0 spiro atoms. The summed E-state index contributed by atoms with van der Waals surface area (Å²) in [6.07, 6.45) is 62.2. The Labute approximate surface area is 376 Å². The minimum Gasteiger partial charge on any atom is -0.462 e. The van der Waals surface area contributed by atoms with Crippen LogP contribution < -0.4 is 5.32 Å². The molecule has 0 saturated carbocycles. The molecule has 6 heteroatoms. The Kier molecular flexibility index (Phi) is 45.7. The van der Waals surface area contributed by atoms with Crippen LogP contribution in [0.3, 0.4) is 0 Å². The lowest BCUT2D eigenvalue weighted by atomic mass is 10.0. The van der Waals surface area contributed by atoms with Gasteiger partial charge in [0.05, 0.1) is 25.2 Å². The van der Waals surface area contributed by atoms with Crippen molar-refractivity contribution in [3.8, 4) is 0 Å². The van der Waals surface area contributed by atoms with Crippen molar-refractivity contribution in [1.29, 1.82) is 0 Å². The van der Waals surface area contributed by atoms with Gasteiger partial charge in [0.25, 0.3) is 0 Å². The highest BCUT2D eigenvalue weighted by Gasteiger charge is 2.24. The van der Waals surface area contributed by atoms with Gasteiger partial charge in [-0.3, -0.25) is 9.59 Å². The molecule has 0 aliphatic carbocycles. The second kappa shape index (κ2) is 48.1. The topological polar surface area (TPSA) is 95.9 Å². The van der Waals surface area contributed by atoms with Gasteiger partial charge in [0.15, 0.2) is 0 Å². The lowest BCUT2D eigenvalue weighted by molar-refractivity contribution is -0.151. The number of ether oxygens (including phenoxy) is 1. The van der Waals surface area contributed by atoms with Gasteiger partial charge in [0.1, 0.15) is 6.10 Å². The van der Waals surface area contributed by atoms with E-state index in [1.165, 1.54) is 77.0 Å². The van der Waals surface area contributed by atoms with Gasteiger partial charge in [-0.15, -0.1) is 0 Å². The highest BCUT2D eigenvalue weighted by atomic mass is 16.5. The summed E-state index contributed by atoms with van der Waals surface area (Å²) in [7, 11) is 0. The summed E-state index contributed by atoms with van der Waals surface area (Å²) in [5.41, 5.74) is 0. The standard InChI is InChI=1S/C55H95NO5/c1-4-7-10-13-16-19-22-24-26-27-28-29-31-33-36-39-42-45-48-55(60)61-51(46-43-40-37-34-32-30-25-23-20-17-14-11-8-5-2)49-54(59)56-52(50-57)53(58)47-44-41-38-35-21-18-15-12-9-6-3/h8,11,17,20,22,24-30,34,37,51-53,57-58H,4-7,9-10,12-16,18-19,21,23,31-33,35-36,38-50H2,1-3H3,(H,56,59)/b11-8+,20-17+,24-22+,27-26+,29-28+,30-25+,37-34+. The zero-order chi connectivity index (χ0) is 44.5. The first kappa shape index (κ1) is 58.0. The van der Waals surface area contributed by atoms with E-state index in [1.807, 2.05) is 0 Å². The second-order valence-electron chi connectivity index (χ2n) is 16.9. The van der Waals surface area contributed by atoms with E-state index in [1.54, 1.807) is 0 Å². The summed E-state index contributed by atoms with van der Waals surface area (Å²) < 4.78 is 5.89. The van der Waals surface area contributed by atoms with Crippen molar-refractivity contribution in [3.05, 3.63) is 85.1 Å². The van der Waals surface area contributed by atoms with Crippen LogP contribution in [0.15, 0.2) is 85.1 Å². The average molecular weight is 850 g/mol. The number of esters is 1. The minimum atomic E-state index is -0.808. The van der Waals surface area contributed by atoms with Crippen molar-refractivity contribution in [2.45, 2.75) is 244 Å². The van der Waals surface area contributed by atoms with Gasteiger partial charge in [-0.1, -0.05) is 215 Å². The fourth-order valence-electron chi connectivity index (χ4n) is 7.19. The molecule has 61 heavy (non-hydrogen) atoms. The minimum absolute atomic E-state index is 0.0273. The zero-order valence-electron chi connectivity index (χ0n) is 39.8. The largest absolute Gasteiger partial charge is 0.462 e. The summed E-state index contributed by atoms with van der Waals surface area (Å²) in [5, 5.41) is 23.7. The van der Waals surface area contributed by atoms with Crippen molar-refractivity contribution in [1.82, 2.24) is 5.32 Å². The first-order valence-electron chi connectivity index (χ1n) is 25.3. The monoisotopic (exact) mass is 850 g/mol. The van der Waals surface area contributed by atoms with E-state index in [4.69, 9.17) is 4.74 Å². The molecule has 1 amide bonds. The third-order valence-corrected chi connectivity index (χ3v) is 11.0. The third-order valence-electron chi connectivity index (χ3n) is 11.0. The van der Waals surface area contributed by atoms with Crippen LogP contribution in [0.1, 0.15) is 226 Å². The highest BCUT2D eigenvalue weighted by molar-refractivity contribution is 5.77. The SMILES string of the molecule is CC/C=C/C/C=C/C/C=C/C/C=C/CCCC(CC(=O)NC(CO)C(O)CCCCCCCCCCCC)OC(=O)CCCCCCC/C=C/C=C/C=C/CCCCCCC. The molecule has 0 aromatic rings. The number of nitrogens with one attached hydrogen (secondary N) is 1. The molecule has 0 fully saturated rings. The van der Waals surface area contributed by atoms with Gasteiger partial charge in [0, 0.05) is 6.42 Å². The first-order chi connectivity index (χ1) is 30.0. The van der Waals surface area contributed by atoms with E-state index in [9.17, 15) is 19.8 Å². The number of allylic oxidation sites excluding steroid dienone is 14. The van der Waals surface area contributed by atoms with Gasteiger partial charge < -0.3 is 20.3 Å². The summed E-state index contributed by atoms with van der Waals surface area (Å²) in [5.74, 6) is -0.557. The van der Waals surface area contributed by atoms with Crippen molar-refractivity contribution in [3.63, 3.8) is 0 Å². The Morgan fingerprint density at radius 1 is 0.508 bits per heavy atom. The maximum atomic E-state index is 13.2. The number of aliphatic hydroxyl groups is 2. The maximum absolute atomic E-state index is 13.2. The third kappa shape index (κ3) is 43.5. The molecule has 0 bridgehead atoms. The molecule has 0 aliphatic rings. The van der Waals surface area contributed by atoms with Crippen LogP contribution in [0.5, 0.6) is 0 Å². The second-order valence-corrected chi connectivity index (χ2v) is 16.9. The highest BCUT2D eigenvalue weighted by Crippen LogP contribution is 2.16. The van der Waals surface area contributed by atoms with Gasteiger partial charge in [0.2, 0.25) is 5.91 Å². The van der Waals surface area contributed by atoms with Crippen LogP contribution in [-0.2, 0) is 14.3 Å². The molecule has 0 aliphatic heterocycles. The lowest BCUT2D eigenvalue weighted by Crippen LogP contribution is -2.46. The maximum Gasteiger partial charge on any atom is 0.306 e. The number of rotatable bonds is 44. The van der Waals surface area contributed by atoms with E-state index in [-0.39, 0.29) is 24.9 Å². The number of unbranched alkanes of at least 4 members (excludes halogenated alkanes) is 20. The van der Waals surface area contributed by atoms with Crippen LogP contribution >= 0.6 is 0 Å². The van der Waals surface area contributed by atoms with Crippen molar-refractivity contribution in [2.75, 3.05) is 6.61 Å². The Morgan fingerprint density at radius 2 is 0.967 bits per heavy atom. The molecule has 350 valence electrons. The van der Waals surface area contributed by atoms with Gasteiger partial charge in [-0.2, -0.15) is 0 Å². The van der Waals surface area contributed by atoms with E-state index >= 15 is 0 Å². The molecule has 6 nitrogen and oxygen atoms in total. The number of hydrogen-bond donors (Lipinski definition) is 3. The van der Waals surface area contributed by atoms with Crippen LogP contribution in [0.25, 0.3) is 0 Å². The van der Waals surface area contributed by atoms with Crippen LogP contribution in [0.4, 0.5) is 0 Å². The Morgan fingerprint density at radius 3 is 1.49 bits per heavy atom. The molecule has 3 atom stereocenters. The van der Waals surface area contributed by atoms with Crippen molar-refractivity contribution >= 4 is 11.9 Å². The van der Waals surface area contributed by atoms with Crippen LogP contribution in [0, 0.1) is 0 Å². The van der Waals surface area contributed by atoms with Gasteiger partial charge >= 0.3 is 5.97 Å². The molecule has 0 radical (unpaired) electrons. The molecule has 0 heterocycles. The Bertz CT molecular complexity index is 1180. The van der Waals surface area contributed by atoms with Gasteiger partial charge in [-0.25, -0.2) is 0 Å². The number of hydrogen-bond acceptors (Lipinski definition) is 5. The Balaban J connectivity index is 4.71. The summed E-state index contributed by atoms with van der Waals surface area (Å²) in [4.78, 5) is 26.1. The average Bonchev–Trinajstić information content (AvgIpc) is 3.25. The molecule has 0 aromatic carbocycles. The molecule has 0 aromatic heterocycles. The quantitative estimate of drug-likeness (QED) is 0.0246. The number of carbonyl (C=O) groups excluding carboxylic acids is 2. The number of carbonyl (C=O) groups is 2. The van der Waals surface area contributed by atoms with Crippen LogP contribution in [0.2, 0.25) is 0 Å². The molecule has 0 saturated heterocycles. The fraction of sp³-hybridized carbons (Fsp3) is 0.709. The molecule has 3 unspecified atom stereocenters. The van der Waals surface area contributed by atoms with E-state index in [2.05, 4.69) is 111 Å². The lowest BCUT2D eigenvalue weighted by Gasteiger charge is -2.24. The summed E-state index contributed by atoms with van der Waals surface area (Å²) in [6.45, 7) is 6.31. The van der Waals surface area contributed by atoms with Crippen LogP contribution in [-0.4, -0.2) is 46.9 Å². The van der Waals surface area contributed by atoms with Gasteiger partial charge in [-0.05, 0) is 83.5 Å². The zero-order valence-corrected chi connectivity index (χ0v) is 39.8. The first-order valence-corrected chi connectivity index (χ1v) is 25.3. The van der Waals surface area contributed by atoms with E-state index in [0.29, 0.717) is 19.3 Å². The van der Waals surface area contributed by atoms with Crippen molar-refractivity contribution < 1.29 is 24.5 Å². The fourth-order valence-corrected chi connectivity index (χ4v) is 7.19. The number of amides is 1. The normalized spacial score (nSPS) is 14.0. The van der Waals surface area contributed by atoms with E-state index < -0.39 is 18.2 Å². The molecule has 0 rings (SSSR count). The predicted octanol–water partition coefficient (Wildman–Crippen LogP) is 15.2. The predicted molar refractivity (Wildman–Crippen MR) is 264 cm³/mol. The van der Waals surface area contributed by atoms with E-state index in [0.717, 1.165) is 103 Å².